The third-order valence-corrected chi connectivity index (χ3v) is 5.58. The molecule has 1 amide bonds. The Hall–Kier alpha value is -1.98. The van der Waals surface area contributed by atoms with Crippen molar-refractivity contribution < 1.29 is 4.79 Å². The molecule has 3 rings (SSSR count). The van der Waals surface area contributed by atoms with Gasteiger partial charge in [0, 0.05) is 22.2 Å². The average molecular weight is 342 g/mol. The summed E-state index contributed by atoms with van der Waals surface area (Å²) < 4.78 is 0. The minimum absolute atomic E-state index is 0.00785. The van der Waals surface area contributed by atoms with Gasteiger partial charge in [0.25, 0.3) is 0 Å². The Balaban J connectivity index is 1.88. The van der Waals surface area contributed by atoms with Crippen LogP contribution in [0.25, 0.3) is 21.1 Å². The molecule has 0 saturated heterocycles. The van der Waals surface area contributed by atoms with E-state index in [2.05, 4.69) is 55.6 Å². The molecule has 0 spiro atoms. The predicted molar refractivity (Wildman–Crippen MR) is 97.9 cm³/mol. The van der Waals surface area contributed by atoms with E-state index in [0.717, 1.165) is 20.5 Å². The lowest BCUT2D eigenvalue weighted by atomic mass is 10.1. The van der Waals surface area contributed by atoms with Crippen molar-refractivity contribution in [3.8, 4) is 21.1 Å². The van der Waals surface area contributed by atoms with Crippen molar-refractivity contribution in [1.29, 1.82) is 0 Å². The number of nitrogens with zero attached hydrogens (tertiary/aromatic N) is 1. The highest BCUT2D eigenvalue weighted by Crippen LogP contribution is 2.36. The van der Waals surface area contributed by atoms with E-state index < -0.39 is 0 Å². The van der Waals surface area contributed by atoms with Gasteiger partial charge in [-0.15, -0.1) is 22.7 Å². The van der Waals surface area contributed by atoms with E-state index in [1.807, 2.05) is 0 Å². The van der Waals surface area contributed by atoms with Gasteiger partial charge in [0.1, 0.15) is 5.01 Å². The van der Waals surface area contributed by atoms with Crippen molar-refractivity contribution in [2.45, 2.75) is 27.3 Å². The van der Waals surface area contributed by atoms with Gasteiger partial charge in [0.15, 0.2) is 0 Å². The van der Waals surface area contributed by atoms with Gasteiger partial charge in [0.2, 0.25) is 5.91 Å². The van der Waals surface area contributed by atoms with Gasteiger partial charge in [0.05, 0.1) is 17.1 Å². The molecule has 0 aliphatic rings. The Morgan fingerprint density at radius 2 is 2.00 bits per heavy atom. The van der Waals surface area contributed by atoms with Crippen LogP contribution in [0.3, 0.4) is 0 Å². The van der Waals surface area contributed by atoms with Crippen LogP contribution in [-0.4, -0.2) is 10.9 Å². The Morgan fingerprint density at radius 3 is 2.74 bits per heavy atom. The third-order valence-electron chi connectivity index (χ3n) is 3.47. The van der Waals surface area contributed by atoms with Gasteiger partial charge < -0.3 is 5.32 Å². The van der Waals surface area contributed by atoms with E-state index in [-0.39, 0.29) is 5.91 Å². The van der Waals surface area contributed by atoms with E-state index in [1.54, 1.807) is 22.7 Å². The summed E-state index contributed by atoms with van der Waals surface area (Å²) in [7, 11) is 0. The number of thiazole rings is 1. The zero-order chi connectivity index (χ0) is 16.4. The molecule has 3 nitrogen and oxygen atoms in total. The molecule has 1 N–H and O–H groups in total. The number of hydrogen-bond donors (Lipinski definition) is 1. The first-order valence-corrected chi connectivity index (χ1v) is 9.04. The predicted octanol–water partition coefficient (Wildman–Crippen LogP) is 4.79. The quantitative estimate of drug-likeness (QED) is 0.740. The molecule has 0 fully saturated rings. The molecule has 3 aromatic rings. The zero-order valence-electron chi connectivity index (χ0n) is 13.3. The highest BCUT2D eigenvalue weighted by molar-refractivity contribution is 7.17. The lowest BCUT2D eigenvalue weighted by Crippen LogP contribution is -2.17. The molecule has 23 heavy (non-hydrogen) atoms. The van der Waals surface area contributed by atoms with Crippen molar-refractivity contribution in [2.75, 3.05) is 0 Å². The average Bonchev–Trinajstić information content (AvgIpc) is 3.11. The van der Waals surface area contributed by atoms with Crippen LogP contribution >= 0.6 is 22.7 Å². The number of aryl methyl sites for hydroxylation is 2. The number of nitrogens with one attached hydrogen (secondary N) is 1. The minimum atomic E-state index is -0.00785. The number of thiophene rings is 1. The topological polar surface area (TPSA) is 42.0 Å². The molecule has 1 aromatic carbocycles. The monoisotopic (exact) mass is 342 g/mol. The van der Waals surface area contributed by atoms with Gasteiger partial charge in [-0.25, -0.2) is 4.98 Å². The molecule has 0 saturated carbocycles. The summed E-state index contributed by atoms with van der Waals surface area (Å²) in [6, 6.07) is 12.6. The molecular formula is C18H18N2OS2. The molecule has 0 radical (unpaired) electrons. The fourth-order valence-electron chi connectivity index (χ4n) is 2.34. The van der Waals surface area contributed by atoms with Gasteiger partial charge in [-0.3, -0.25) is 4.79 Å². The third kappa shape index (κ3) is 3.68. The first-order valence-electron chi connectivity index (χ1n) is 7.41. The number of rotatable bonds is 4. The van der Waals surface area contributed by atoms with E-state index in [9.17, 15) is 4.79 Å². The number of carbonyl (C=O) groups excluding carboxylic acids is 1. The van der Waals surface area contributed by atoms with Gasteiger partial charge >= 0.3 is 0 Å². The second-order valence-electron chi connectivity index (χ2n) is 5.47. The first-order chi connectivity index (χ1) is 11.0. The van der Waals surface area contributed by atoms with Crippen molar-refractivity contribution in [1.82, 2.24) is 10.3 Å². The molecule has 5 heteroatoms. The summed E-state index contributed by atoms with van der Waals surface area (Å²) >= 11 is 3.41. The molecule has 0 bridgehead atoms. The van der Waals surface area contributed by atoms with Crippen LogP contribution in [0.4, 0.5) is 0 Å². The number of carbonyl (C=O) groups is 1. The maximum atomic E-state index is 11.0. The highest BCUT2D eigenvalue weighted by Gasteiger charge is 2.13. The Kier molecular flexibility index (Phi) is 4.59. The SMILES string of the molecule is CC(=O)NCc1ccc(-c2nc(-c3cccc(C)c3)sc2C)s1. The summed E-state index contributed by atoms with van der Waals surface area (Å²) in [5, 5.41) is 3.89. The Bertz CT molecular complexity index is 848. The van der Waals surface area contributed by atoms with Gasteiger partial charge in [-0.05, 0) is 32.0 Å². The van der Waals surface area contributed by atoms with Crippen LogP contribution in [0.15, 0.2) is 36.4 Å². The summed E-state index contributed by atoms with van der Waals surface area (Å²) in [5.74, 6) is -0.00785. The molecule has 0 aliphatic carbocycles. The van der Waals surface area contributed by atoms with E-state index in [0.29, 0.717) is 6.54 Å². The smallest absolute Gasteiger partial charge is 0.217 e. The molecule has 118 valence electrons. The largest absolute Gasteiger partial charge is 0.351 e. The summed E-state index contributed by atoms with van der Waals surface area (Å²) in [4.78, 5) is 19.4. The van der Waals surface area contributed by atoms with Gasteiger partial charge in [-0.2, -0.15) is 0 Å². The zero-order valence-corrected chi connectivity index (χ0v) is 15.0. The summed E-state index contributed by atoms with van der Waals surface area (Å²) in [6.45, 7) is 6.32. The Labute approximate surface area is 144 Å². The molecule has 2 heterocycles. The van der Waals surface area contributed by atoms with Crippen molar-refractivity contribution in [2.24, 2.45) is 0 Å². The van der Waals surface area contributed by atoms with E-state index in [4.69, 9.17) is 4.98 Å². The van der Waals surface area contributed by atoms with E-state index >= 15 is 0 Å². The maximum absolute atomic E-state index is 11.0. The van der Waals surface area contributed by atoms with Crippen molar-refractivity contribution in [3.63, 3.8) is 0 Å². The molecular weight excluding hydrogens is 324 g/mol. The second-order valence-corrected chi connectivity index (χ2v) is 7.84. The molecule has 0 unspecified atom stereocenters. The van der Waals surface area contributed by atoms with Crippen LogP contribution in [0.2, 0.25) is 0 Å². The van der Waals surface area contributed by atoms with Crippen molar-refractivity contribution in [3.05, 3.63) is 51.7 Å². The Morgan fingerprint density at radius 1 is 1.17 bits per heavy atom. The van der Waals surface area contributed by atoms with Crippen LogP contribution < -0.4 is 5.32 Å². The number of amides is 1. The highest BCUT2D eigenvalue weighted by atomic mass is 32.1. The minimum Gasteiger partial charge on any atom is -0.351 e. The van der Waals surface area contributed by atoms with Crippen molar-refractivity contribution >= 4 is 28.6 Å². The molecule has 0 aliphatic heterocycles. The first kappa shape index (κ1) is 15.9. The van der Waals surface area contributed by atoms with E-state index in [1.165, 1.54) is 22.9 Å². The summed E-state index contributed by atoms with van der Waals surface area (Å²) in [6.07, 6.45) is 0. The fourth-order valence-corrected chi connectivity index (χ4v) is 4.32. The standard InChI is InChI=1S/C18H18N2OS2/c1-11-5-4-6-14(9-11)18-20-17(12(2)22-18)16-8-7-15(23-16)10-19-13(3)21/h4-9H,10H2,1-3H3,(H,19,21). The fraction of sp³-hybridized carbons (Fsp3) is 0.222. The van der Waals surface area contributed by atoms with Gasteiger partial charge in [-0.1, -0.05) is 23.8 Å². The maximum Gasteiger partial charge on any atom is 0.217 e. The number of aromatic nitrogens is 1. The van der Waals surface area contributed by atoms with Crippen LogP contribution in [-0.2, 0) is 11.3 Å². The van der Waals surface area contributed by atoms with Crippen LogP contribution in [0.1, 0.15) is 22.2 Å². The number of hydrogen-bond acceptors (Lipinski definition) is 4. The van der Waals surface area contributed by atoms with Crippen LogP contribution in [0.5, 0.6) is 0 Å². The molecule has 2 aromatic heterocycles. The normalized spacial score (nSPS) is 10.7. The lowest BCUT2D eigenvalue weighted by Gasteiger charge is -1.98. The van der Waals surface area contributed by atoms with Crippen LogP contribution in [0, 0.1) is 13.8 Å². The molecule has 0 atom stereocenters. The second kappa shape index (κ2) is 6.64. The lowest BCUT2D eigenvalue weighted by molar-refractivity contribution is -0.119. The number of benzene rings is 1. The summed E-state index contributed by atoms with van der Waals surface area (Å²) in [5.41, 5.74) is 3.45.